The highest BCUT2D eigenvalue weighted by molar-refractivity contribution is 5.95. The Morgan fingerprint density at radius 1 is 0.644 bits per heavy atom. The van der Waals surface area contributed by atoms with Gasteiger partial charge in [-0.2, -0.15) is 15.0 Å². The molecule has 1 aromatic heterocycles. The third-order valence-electron chi connectivity index (χ3n) is 6.17. The van der Waals surface area contributed by atoms with Crippen LogP contribution >= 0.6 is 0 Å². The van der Waals surface area contributed by atoms with Crippen LogP contribution in [0.15, 0.2) is 54.6 Å². The van der Waals surface area contributed by atoms with E-state index in [0.29, 0.717) is 115 Å². The maximum absolute atomic E-state index is 12.1. The van der Waals surface area contributed by atoms with Gasteiger partial charge in [0.05, 0.1) is 39.6 Å². The topological polar surface area (TPSA) is 166 Å². The lowest BCUT2D eigenvalue weighted by molar-refractivity contribution is -0.117. The van der Waals surface area contributed by atoms with E-state index in [0.717, 1.165) is 5.56 Å². The number of nitrogens with one attached hydrogen (secondary N) is 3. The average Bonchev–Trinajstić information content (AvgIpc) is 3.04. The van der Waals surface area contributed by atoms with E-state index in [-0.39, 0.29) is 17.3 Å². The molecule has 0 saturated carbocycles. The van der Waals surface area contributed by atoms with Gasteiger partial charge in [-0.05, 0) is 44.0 Å². The maximum atomic E-state index is 12.1. The van der Waals surface area contributed by atoms with E-state index in [1.54, 1.807) is 31.2 Å². The minimum absolute atomic E-state index is 0.118. The molecule has 1 heterocycles. The van der Waals surface area contributed by atoms with Gasteiger partial charge < -0.3 is 44.8 Å². The fourth-order valence-corrected chi connectivity index (χ4v) is 3.90. The molecule has 3 rings (SSSR count). The highest BCUT2D eigenvalue weighted by atomic mass is 16.5. The van der Waals surface area contributed by atoms with Gasteiger partial charge in [0.1, 0.15) is 11.5 Å². The van der Waals surface area contributed by atoms with Crippen molar-refractivity contribution in [3.63, 3.8) is 0 Å². The zero-order valence-corrected chi connectivity index (χ0v) is 25.8. The van der Waals surface area contributed by atoms with Gasteiger partial charge in [0, 0.05) is 50.4 Å². The number of rotatable bonds is 25. The second kappa shape index (κ2) is 21.5. The fourth-order valence-electron chi connectivity index (χ4n) is 3.90. The highest BCUT2D eigenvalue weighted by Crippen LogP contribution is 2.18. The number of aromatic nitrogens is 3. The Kier molecular flexibility index (Phi) is 16.9. The third-order valence-corrected chi connectivity index (χ3v) is 6.17. The van der Waals surface area contributed by atoms with Crippen LogP contribution in [-0.4, -0.2) is 97.6 Å². The largest absolute Gasteiger partial charge is 0.508 e. The molecule has 0 fully saturated rings. The molecular weight excluding hydrogens is 580 g/mol. The molecule has 0 aliphatic heterocycles. The summed E-state index contributed by atoms with van der Waals surface area (Å²) in [4.78, 5) is 36.4. The first-order valence-electron chi connectivity index (χ1n) is 15.2. The zero-order valence-electron chi connectivity index (χ0n) is 25.8. The van der Waals surface area contributed by atoms with E-state index in [9.17, 15) is 14.7 Å². The third kappa shape index (κ3) is 15.9. The Morgan fingerprint density at radius 2 is 1.16 bits per heavy atom. The summed E-state index contributed by atoms with van der Waals surface area (Å²) >= 11 is 0. The van der Waals surface area contributed by atoms with Crippen LogP contribution in [0.3, 0.4) is 0 Å². The summed E-state index contributed by atoms with van der Waals surface area (Å²) in [6.45, 7) is 6.14. The minimum atomic E-state index is 0.118. The van der Waals surface area contributed by atoms with Crippen LogP contribution < -0.4 is 16.0 Å². The van der Waals surface area contributed by atoms with Crippen molar-refractivity contribution in [2.24, 2.45) is 0 Å². The molecule has 0 bridgehead atoms. The number of carbonyl (C=O) groups is 2. The Hall–Kier alpha value is -4.17. The first-order chi connectivity index (χ1) is 22.0. The molecule has 0 aliphatic carbocycles. The number of nitrogens with zero attached hydrogens (tertiary/aromatic N) is 3. The summed E-state index contributed by atoms with van der Waals surface area (Å²) in [5.41, 5.74) is 1.43. The number of hydrogen-bond donors (Lipinski definition) is 4. The number of Topliss-reactive ketones (excluding diaryl/α,β-unsaturated/α-hetero) is 2. The molecule has 45 heavy (non-hydrogen) atoms. The molecule has 2 aromatic carbocycles. The van der Waals surface area contributed by atoms with E-state index in [4.69, 9.17) is 18.9 Å². The van der Waals surface area contributed by atoms with E-state index >= 15 is 0 Å². The molecule has 0 unspecified atom stereocenters. The quantitative estimate of drug-likeness (QED) is 0.0601. The molecule has 3 aromatic rings. The van der Waals surface area contributed by atoms with Crippen molar-refractivity contribution in [3.05, 3.63) is 60.2 Å². The second-order valence-electron chi connectivity index (χ2n) is 9.98. The van der Waals surface area contributed by atoms with Gasteiger partial charge in [0.2, 0.25) is 17.8 Å². The average molecular weight is 625 g/mol. The SMILES string of the molecule is CC(=O)CCCOCCOCCNc1nc(NCCOCCOCCCC(=O)c2ccccc2)nc(Nc2ccc(O)cc2)n1. The van der Waals surface area contributed by atoms with E-state index in [1.807, 2.05) is 30.3 Å². The zero-order chi connectivity index (χ0) is 32.0. The summed E-state index contributed by atoms with van der Waals surface area (Å²) in [5.74, 6) is 1.48. The van der Waals surface area contributed by atoms with Crippen LogP contribution in [0.5, 0.6) is 5.75 Å². The first-order valence-corrected chi connectivity index (χ1v) is 15.2. The van der Waals surface area contributed by atoms with Crippen molar-refractivity contribution in [3.8, 4) is 5.75 Å². The number of hydrogen-bond acceptors (Lipinski definition) is 13. The van der Waals surface area contributed by atoms with E-state index in [2.05, 4.69) is 30.9 Å². The van der Waals surface area contributed by atoms with Gasteiger partial charge in [-0.3, -0.25) is 4.79 Å². The molecule has 0 aliphatic rings. The van der Waals surface area contributed by atoms with Gasteiger partial charge in [0.25, 0.3) is 0 Å². The number of phenols is 1. The van der Waals surface area contributed by atoms with Gasteiger partial charge in [0.15, 0.2) is 5.78 Å². The molecule has 0 saturated heterocycles. The summed E-state index contributed by atoms with van der Waals surface area (Å²) in [6, 6.07) is 15.8. The van der Waals surface area contributed by atoms with E-state index < -0.39 is 0 Å². The molecule has 0 radical (unpaired) electrons. The van der Waals surface area contributed by atoms with Crippen LogP contribution in [0.1, 0.15) is 43.0 Å². The summed E-state index contributed by atoms with van der Waals surface area (Å²) in [7, 11) is 0. The van der Waals surface area contributed by atoms with Crippen LogP contribution in [0, 0.1) is 0 Å². The van der Waals surface area contributed by atoms with Gasteiger partial charge >= 0.3 is 0 Å². The van der Waals surface area contributed by atoms with Gasteiger partial charge in [-0.1, -0.05) is 30.3 Å². The molecule has 0 amide bonds. The standard InChI is InChI=1S/C32H44N6O7/c1-25(39)7-5-17-42-21-23-44-19-15-33-30-36-31(38-32(37-30)35-27-11-13-28(40)14-12-27)34-16-20-45-24-22-43-18-6-10-29(41)26-8-3-2-4-9-26/h2-4,8-9,11-14,40H,5-7,10,15-24H2,1H3,(H3,33,34,35,36,37,38). The number of benzene rings is 2. The smallest absolute Gasteiger partial charge is 0.233 e. The lowest BCUT2D eigenvalue weighted by atomic mass is 10.1. The maximum Gasteiger partial charge on any atom is 0.233 e. The summed E-state index contributed by atoms with van der Waals surface area (Å²) in [6.07, 6.45) is 2.36. The molecule has 244 valence electrons. The Labute approximate surface area is 264 Å². The number of ketones is 2. The van der Waals surface area contributed by atoms with Crippen molar-refractivity contribution in [1.82, 2.24) is 15.0 Å². The summed E-state index contributed by atoms with van der Waals surface area (Å²) < 4.78 is 22.3. The number of phenolic OH excluding ortho intramolecular Hbond substituents is 1. The number of aromatic hydroxyl groups is 1. The van der Waals surface area contributed by atoms with Crippen LogP contribution in [-0.2, 0) is 23.7 Å². The molecule has 13 heteroatoms. The molecule has 13 nitrogen and oxygen atoms in total. The normalized spacial score (nSPS) is 10.9. The van der Waals surface area contributed by atoms with Crippen molar-refractivity contribution in [2.45, 2.75) is 32.6 Å². The first kappa shape index (κ1) is 35.3. The fraction of sp³-hybridized carbons (Fsp3) is 0.469. The van der Waals surface area contributed by atoms with E-state index in [1.165, 1.54) is 0 Å². The van der Waals surface area contributed by atoms with Crippen molar-refractivity contribution in [1.29, 1.82) is 0 Å². The predicted octanol–water partition coefficient (Wildman–Crippen LogP) is 4.24. The van der Waals surface area contributed by atoms with Gasteiger partial charge in [-0.15, -0.1) is 0 Å². The second-order valence-corrected chi connectivity index (χ2v) is 9.98. The Bertz CT molecular complexity index is 1260. The predicted molar refractivity (Wildman–Crippen MR) is 171 cm³/mol. The van der Waals surface area contributed by atoms with Crippen molar-refractivity contribution < 1.29 is 33.6 Å². The lowest BCUT2D eigenvalue weighted by Gasteiger charge is -2.12. The Morgan fingerprint density at radius 3 is 1.71 bits per heavy atom. The lowest BCUT2D eigenvalue weighted by Crippen LogP contribution is -2.17. The molecular formula is C32H44N6O7. The number of carbonyl (C=O) groups excluding carboxylic acids is 2. The Balaban J connectivity index is 1.33. The van der Waals surface area contributed by atoms with Gasteiger partial charge in [-0.25, -0.2) is 0 Å². The number of anilines is 4. The van der Waals surface area contributed by atoms with Crippen LogP contribution in [0.4, 0.5) is 23.5 Å². The van der Waals surface area contributed by atoms with Crippen molar-refractivity contribution in [2.75, 3.05) is 81.9 Å². The molecule has 4 N–H and O–H groups in total. The van der Waals surface area contributed by atoms with Crippen LogP contribution in [0.2, 0.25) is 0 Å². The molecule has 0 spiro atoms. The minimum Gasteiger partial charge on any atom is -0.508 e. The monoisotopic (exact) mass is 624 g/mol. The number of ether oxygens (including phenoxy) is 4. The highest BCUT2D eigenvalue weighted by Gasteiger charge is 2.08. The summed E-state index contributed by atoms with van der Waals surface area (Å²) in [5, 5.41) is 19.0. The van der Waals surface area contributed by atoms with Crippen molar-refractivity contribution >= 4 is 35.1 Å². The van der Waals surface area contributed by atoms with Crippen LogP contribution in [0.25, 0.3) is 0 Å². The molecule has 0 atom stereocenters.